The van der Waals surface area contributed by atoms with E-state index in [4.69, 9.17) is 0 Å². The summed E-state index contributed by atoms with van der Waals surface area (Å²) in [6, 6.07) is 0.325. The molecule has 0 bridgehead atoms. The molecule has 1 rings (SSSR count). The van der Waals surface area contributed by atoms with Crippen molar-refractivity contribution in [3.05, 3.63) is 0 Å². The van der Waals surface area contributed by atoms with Crippen molar-refractivity contribution >= 4 is 5.91 Å². The van der Waals surface area contributed by atoms with Gasteiger partial charge in [-0.1, -0.05) is 13.8 Å². The van der Waals surface area contributed by atoms with Gasteiger partial charge >= 0.3 is 0 Å². The summed E-state index contributed by atoms with van der Waals surface area (Å²) in [5, 5.41) is 3.14. The van der Waals surface area contributed by atoms with Crippen LogP contribution in [0.2, 0.25) is 0 Å². The van der Waals surface area contributed by atoms with E-state index in [2.05, 4.69) is 33.0 Å². The average molecular weight is 198 g/mol. The minimum atomic E-state index is 0.233. The lowest BCUT2D eigenvalue weighted by Crippen LogP contribution is -2.54. The zero-order valence-electron chi connectivity index (χ0n) is 9.71. The van der Waals surface area contributed by atoms with Crippen LogP contribution in [0.1, 0.15) is 27.7 Å². The van der Waals surface area contributed by atoms with Gasteiger partial charge in [0, 0.05) is 25.7 Å². The van der Waals surface area contributed by atoms with Crippen molar-refractivity contribution in [2.24, 2.45) is 11.8 Å². The van der Waals surface area contributed by atoms with Crippen molar-refractivity contribution in [3.63, 3.8) is 0 Å². The third-order valence-corrected chi connectivity index (χ3v) is 2.60. The normalized spacial score (nSPS) is 17.3. The predicted octanol–water partition coefficient (Wildman–Crippen LogP) is 1.10. The van der Waals surface area contributed by atoms with Gasteiger partial charge in [-0.15, -0.1) is 0 Å². The summed E-state index contributed by atoms with van der Waals surface area (Å²) in [5.41, 5.74) is 0. The summed E-state index contributed by atoms with van der Waals surface area (Å²) < 4.78 is 0. The van der Waals surface area contributed by atoms with Gasteiger partial charge in [0.1, 0.15) is 0 Å². The lowest BCUT2D eigenvalue weighted by molar-refractivity contribution is -0.139. The summed E-state index contributed by atoms with van der Waals surface area (Å²) >= 11 is 0. The van der Waals surface area contributed by atoms with Crippen molar-refractivity contribution in [1.29, 1.82) is 0 Å². The first-order valence-electron chi connectivity index (χ1n) is 5.53. The van der Waals surface area contributed by atoms with Gasteiger partial charge in [0.05, 0.1) is 5.92 Å². The molecule has 0 aromatic carbocycles. The molecule has 0 unspecified atom stereocenters. The van der Waals surface area contributed by atoms with Gasteiger partial charge in [0.15, 0.2) is 0 Å². The number of amides is 1. The summed E-state index contributed by atoms with van der Waals surface area (Å²) in [7, 11) is 0. The van der Waals surface area contributed by atoms with Crippen molar-refractivity contribution in [1.82, 2.24) is 10.2 Å². The molecular formula is C11H22N2O. The number of hydrogen-bond donors (Lipinski definition) is 1. The second kappa shape index (κ2) is 4.78. The number of nitrogens with one attached hydrogen (secondary N) is 1. The standard InChI is InChI=1S/C11H22N2O/c1-8(2)7-13(9(3)4)11(14)10-5-12-6-10/h8-10,12H,5-7H2,1-4H3. The molecule has 0 spiro atoms. The summed E-state index contributed by atoms with van der Waals surface area (Å²) in [6.07, 6.45) is 0. The molecule has 3 nitrogen and oxygen atoms in total. The first kappa shape index (κ1) is 11.5. The van der Waals surface area contributed by atoms with Crippen LogP contribution in [0.25, 0.3) is 0 Å². The van der Waals surface area contributed by atoms with E-state index in [9.17, 15) is 4.79 Å². The second-order valence-corrected chi connectivity index (χ2v) is 4.83. The van der Waals surface area contributed by atoms with Gasteiger partial charge < -0.3 is 10.2 Å². The van der Waals surface area contributed by atoms with Crippen LogP contribution >= 0.6 is 0 Å². The Hall–Kier alpha value is -0.570. The molecule has 1 saturated heterocycles. The molecule has 0 atom stereocenters. The maximum Gasteiger partial charge on any atom is 0.228 e. The minimum absolute atomic E-state index is 0.233. The average Bonchev–Trinajstić information content (AvgIpc) is 1.95. The summed E-state index contributed by atoms with van der Waals surface area (Å²) in [5.74, 6) is 1.11. The smallest absolute Gasteiger partial charge is 0.228 e. The zero-order valence-corrected chi connectivity index (χ0v) is 9.71. The molecule has 0 aromatic heterocycles. The molecule has 3 heteroatoms. The van der Waals surface area contributed by atoms with Crippen LogP contribution in [0.4, 0.5) is 0 Å². The number of carbonyl (C=O) groups excluding carboxylic acids is 1. The summed E-state index contributed by atoms with van der Waals surface area (Å²) in [4.78, 5) is 14.0. The highest BCUT2D eigenvalue weighted by Gasteiger charge is 2.30. The van der Waals surface area contributed by atoms with E-state index < -0.39 is 0 Å². The Labute approximate surface area is 86.9 Å². The van der Waals surface area contributed by atoms with Crippen molar-refractivity contribution in [2.75, 3.05) is 19.6 Å². The molecule has 1 fully saturated rings. The fourth-order valence-electron chi connectivity index (χ4n) is 1.65. The SMILES string of the molecule is CC(C)CN(C(=O)C1CNC1)C(C)C. The Balaban J connectivity index is 2.52. The lowest BCUT2D eigenvalue weighted by Gasteiger charge is -2.35. The molecule has 82 valence electrons. The third-order valence-electron chi connectivity index (χ3n) is 2.60. The van der Waals surface area contributed by atoms with Gasteiger partial charge in [-0.05, 0) is 19.8 Å². The highest BCUT2D eigenvalue weighted by atomic mass is 16.2. The fraction of sp³-hybridized carbons (Fsp3) is 0.909. The highest BCUT2D eigenvalue weighted by molar-refractivity contribution is 5.80. The van der Waals surface area contributed by atoms with Crippen LogP contribution < -0.4 is 5.32 Å². The highest BCUT2D eigenvalue weighted by Crippen LogP contribution is 2.13. The van der Waals surface area contributed by atoms with E-state index in [1.807, 2.05) is 4.90 Å². The number of rotatable bonds is 4. The van der Waals surface area contributed by atoms with Crippen molar-refractivity contribution in [3.8, 4) is 0 Å². The van der Waals surface area contributed by atoms with Gasteiger partial charge in [0.25, 0.3) is 0 Å². The molecule has 1 aliphatic rings. The molecule has 1 N–H and O–H groups in total. The van der Waals surface area contributed by atoms with Crippen LogP contribution in [0.5, 0.6) is 0 Å². The number of nitrogens with zero attached hydrogens (tertiary/aromatic N) is 1. The van der Waals surface area contributed by atoms with Crippen molar-refractivity contribution in [2.45, 2.75) is 33.7 Å². The van der Waals surface area contributed by atoms with E-state index >= 15 is 0 Å². The molecule has 1 aliphatic heterocycles. The van der Waals surface area contributed by atoms with Gasteiger partial charge in [-0.2, -0.15) is 0 Å². The van der Waals surface area contributed by atoms with Crippen molar-refractivity contribution < 1.29 is 4.79 Å². The molecule has 0 saturated carbocycles. The quantitative estimate of drug-likeness (QED) is 0.733. The van der Waals surface area contributed by atoms with Gasteiger partial charge in [-0.25, -0.2) is 0 Å². The molecular weight excluding hydrogens is 176 g/mol. The summed E-state index contributed by atoms with van der Waals surface area (Å²) in [6.45, 7) is 11.1. The number of hydrogen-bond acceptors (Lipinski definition) is 2. The Morgan fingerprint density at radius 2 is 1.93 bits per heavy atom. The Bertz CT molecular complexity index is 197. The van der Waals surface area contributed by atoms with Crippen LogP contribution in [0, 0.1) is 11.8 Å². The van der Waals surface area contributed by atoms with E-state index in [1.165, 1.54) is 0 Å². The lowest BCUT2D eigenvalue weighted by atomic mass is 10.00. The Kier molecular flexibility index (Phi) is 3.93. The first-order chi connectivity index (χ1) is 6.52. The predicted molar refractivity (Wildman–Crippen MR) is 58.0 cm³/mol. The van der Waals surface area contributed by atoms with E-state index in [1.54, 1.807) is 0 Å². The second-order valence-electron chi connectivity index (χ2n) is 4.83. The monoisotopic (exact) mass is 198 g/mol. The minimum Gasteiger partial charge on any atom is -0.340 e. The third kappa shape index (κ3) is 2.71. The van der Waals surface area contributed by atoms with Crippen LogP contribution in [-0.4, -0.2) is 36.5 Å². The maximum absolute atomic E-state index is 12.0. The molecule has 1 amide bonds. The van der Waals surface area contributed by atoms with Crippen LogP contribution in [0.3, 0.4) is 0 Å². The molecule has 0 radical (unpaired) electrons. The fourth-order valence-corrected chi connectivity index (χ4v) is 1.65. The zero-order chi connectivity index (χ0) is 10.7. The van der Waals surface area contributed by atoms with Gasteiger partial charge in [0.2, 0.25) is 5.91 Å². The van der Waals surface area contributed by atoms with E-state index in [0.29, 0.717) is 17.9 Å². The van der Waals surface area contributed by atoms with E-state index in [-0.39, 0.29) is 5.92 Å². The molecule has 14 heavy (non-hydrogen) atoms. The van der Waals surface area contributed by atoms with Gasteiger partial charge in [-0.3, -0.25) is 4.79 Å². The molecule has 1 heterocycles. The Morgan fingerprint density at radius 1 is 1.36 bits per heavy atom. The Morgan fingerprint density at radius 3 is 2.21 bits per heavy atom. The maximum atomic E-state index is 12.0. The van der Waals surface area contributed by atoms with Crippen LogP contribution in [0.15, 0.2) is 0 Å². The topological polar surface area (TPSA) is 32.3 Å². The van der Waals surface area contributed by atoms with E-state index in [0.717, 1.165) is 19.6 Å². The largest absolute Gasteiger partial charge is 0.340 e. The molecule has 0 aromatic rings. The molecule has 0 aliphatic carbocycles. The van der Waals surface area contributed by atoms with Crippen LogP contribution in [-0.2, 0) is 4.79 Å². The number of carbonyl (C=O) groups is 1. The first-order valence-corrected chi connectivity index (χ1v) is 5.53.